The normalized spacial score (nSPS) is 11.8. The van der Waals surface area contributed by atoms with E-state index in [1.807, 2.05) is 6.20 Å². The van der Waals surface area contributed by atoms with Crippen LogP contribution in [0.2, 0.25) is 0 Å². The summed E-state index contributed by atoms with van der Waals surface area (Å²) in [5.74, 6) is 0. The molecule has 0 saturated carbocycles. The van der Waals surface area contributed by atoms with Gasteiger partial charge in [-0.05, 0) is 34.7 Å². The van der Waals surface area contributed by atoms with E-state index in [1.54, 1.807) is 0 Å². The fourth-order valence-corrected chi connectivity index (χ4v) is 2.37. The molecule has 0 bridgehead atoms. The minimum atomic E-state index is 0.206. The number of hydrogen-bond acceptors (Lipinski definition) is 2. The lowest BCUT2D eigenvalue weighted by atomic mass is 9.87. The maximum absolute atomic E-state index is 4.04. The van der Waals surface area contributed by atoms with Gasteiger partial charge >= 0.3 is 0 Å². The van der Waals surface area contributed by atoms with Crippen molar-refractivity contribution in [2.75, 3.05) is 5.32 Å². The molecule has 0 amide bonds. The number of rotatable bonds is 3. The number of benzene rings is 2. The summed E-state index contributed by atoms with van der Waals surface area (Å²) in [4.78, 5) is 0. The first-order chi connectivity index (χ1) is 10.0. The van der Waals surface area contributed by atoms with Crippen molar-refractivity contribution in [3.63, 3.8) is 0 Å². The summed E-state index contributed by atoms with van der Waals surface area (Å²) in [6.45, 7) is 7.53. The standard InChI is InChI=1S/C18H21N3/c1-18(2,3)15-7-4-13(5-8-15)11-19-16-9-6-14-12-20-21-17(14)10-16/h4-10,12,19H,11H2,1-3H3,(H,20,21). The highest BCUT2D eigenvalue weighted by Gasteiger charge is 2.12. The van der Waals surface area contributed by atoms with Crippen LogP contribution in [0.25, 0.3) is 10.9 Å². The van der Waals surface area contributed by atoms with E-state index in [9.17, 15) is 0 Å². The second kappa shape index (κ2) is 5.24. The van der Waals surface area contributed by atoms with Crippen LogP contribution in [0, 0.1) is 0 Å². The molecule has 0 fully saturated rings. The van der Waals surface area contributed by atoms with E-state index in [2.05, 4.69) is 78.7 Å². The molecule has 2 aromatic carbocycles. The van der Waals surface area contributed by atoms with E-state index in [1.165, 1.54) is 11.1 Å². The molecule has 3 aromatic rings. The first kappa shape index (κ1) is 13.7. The molecule has 0 saturated heterocycles. The van der Waals surface area contributed by atoms with Crippen LogP contribution in [0.15, 0.2) is 48.7 Å². The third kappa shape index (κ3) is 3.07. The van der Waals surface area contributed by atoms with E-state index in [-0.39, 0.29) is 5.41 Å². The van der Waals surface area contributed by atoms with Crippen molar-refractivity contribution in [2.45, 2.75) is 32.7 Å². The highest BCUT2D eigenvalue weighted by Crippen LogP contribution is 2.22. The fraction of sp³-hybridized carbons (Fsp3) is 0.278. The Hall–Kier alpha value is -2.29. The molecule has 108 valence electrons. The van der Waals surface area contributed by atoms with Gasteiger partial charge in [-0.15, -0.1) is 0 Å². The first-order valence-electron chi connectivity index (χ1n) is 7.29. The van der Waals surface area contributed by atoms with Gasteiger partial charge in [0.05, 0.1) is 11.7 Å². The van der Waals surface area contributed by atoms with Gasteiger partial charge in [0.1, 0.15) is 0 Å². The minimum absolute atomic E-state index is 0.206. The smallest absolute Gasteiger partial charge is 0.0670 e. The maximum atomic E-state index is 4.04. The van der Waals surface area contributed by atoms with E-state index in [0.29, 0.717) is 0 Å². The van der Waals surface area contributed by atoms with Crippen LogP contribution in [0.3, 0.4) is 0 Å². The number of hydrogen-bond donors (Lipinski definition) is 2. The summed E-state index contributed by atoms with van der Waals surface area (Å²) in [6.07, 6.45) is 1.84. The van der Waals surface area contributed by atoms with E-state index in [4.69, 9.17) is 0 Å². The SMILES string of the molecule is CC(C)(C)c1ccc(CNc2ccc3cn[nH]c3c2)cc1. The first-order valence-corrected chi connectivity index (χ1v) is 7.29. The highest BCUT2D eigenvalue weighted by molar-refractivity contribution is 5.81. The van der Waals surface area contributed by atoms with Crippen molar-refractivity contribution in [1.82, 2.24) is 10.2 Å². The van der Waals surface area contributed by atoms with E-state index in [0.717, 1.165) is 23.1 Å². The number of nitrogens with zero attached hydrogens (tertiary/aromatic N) is 1. The lowest BCUT2D eigenvalue weighted by molar-refractivity contribution is 0.590. The molecule has 0 atom stereocenters. The van der Waals surface area contributed by atoms with Gasteiger partial charge in [0.2, 0.25) is 0 Å². The van der Waals surface area contributed by atoms with Crippen LogP contribution in [0.5, 0.6) is 0 Å². The Morgan fingerprint density at radius 2 is 1.81 bits per heavy atom. The second-order valence-corrected chi connectivity index (χ2v) is 6.47. The number of aromatic amines is 1. The zero-order chi connectivity index (χ0) is 14.9. The predicted molar refractivity (Wildman–Crippen MR) is 88.6 cm³/mol. The van der Waals surface area contributed by atoms with Crippen LogP contribution in [0.4, 0.5) is 5.69 Å². The van der Waals surface area contributed by atoms with Gasteiger partial charge in [-0.2, -0.15) is 5.10 Å². The van der Waals surface area contributed by atoms with Gasteiger partial charge in [-0.25, -0.2) is 0 Å². The Labute approximate surface area is 125 Å². The third-order valence-electron chi connectivity index (χ3n) is 3.76. The zero-order valence-electron chi connectivity index (χ0n) is 12.8. The molecule has 0 radical (unpaired) electrons. The monoisotopic (exact) mass is 279 g/mol. The highest BCUT2D eigenvalue weighted by atomic mass is 15.1. The molecule has 21 heavy (non-hydrogen) atoms. The second-order valence-electron chi connectivity index (χ2n) is 6.47. The number of aromatic nitrogens is 2. The summed E-state index contributed by atoms with van der Waals surface area (Å²) in [7, 11) is 0. The van der Waals surface area contributed by atoms with Gasteiger partial charge in [-0.3, -0.25) is 5.10 Å². The molecule has 1 heterocycles. The molecule has 0 aliphatic carbocycles. The fourth-order valence-electron chi connectivity index (χ4n) is 2.37. The molecular weight excluding hydrogens is 258 g/mol. The molecule has 1 aromatic heterocycles. The van der Waals surface area contributed by atoms with Gasteiger partial charge in [0.15, 0.2) is 0 Å². The van der Waals surface area contributed by atoms with E-state index < -0.39 is 0 Å². The van der Waals surface area contributed by atoms with Crippen molar-refractivity contribution in [1.29, 1.82) is 0 Å². The average Bonchev–Trinajstić information content (AvgIpc) is 2.92. The van der Waals surface area contributed by atoms with Gasteiger partial charge < -0.3 is 5.32 Å². The van der Waals surface area contributed by atoms with Crippen LogP contribution in [-0.2, 0) is 12.0 Å². The molecule has 0 aliphatic rings. The van der Waals surface area contributed by atoms with Crippen molar-refractivity contribution < 1.29 is 0 Å². The maximum Gasteiger partial charge on any atom is 0.0670 e. The summed E-state index contributed by atoms with van der Waals surface area (Å²) in [5, 5.41) is 11.6. The van der Waals surface area contributed by atoms with Crippen LogP contribution in [-0.4, -0.2) is 10.2 Å². The third-order valence-corrected chi connectivity index (χ3v) is 3.76. The van der Waals surface area contributed by atoms with Crippen molar-refractivity contribution in [3.05, 3.63) is 59.8 Å². The molecule has 0 unspecified atom stereocenters. The number of H-pyrrole nitrogens is 1. The van der Waals surface area contributed by atoms with Crippen molar-refractivity contribution in [2.24, 2.45) is 0 Å². The minimum Gasteiger partial charge on any atom is -0.381 e. The number of nitrogens with one attached hydrogen (secondary N) is 2. The summed E-state index contributed by atoms with van der Waals surface area (Å²) in [5.41, 5.74) is 5.02. The Kier molecular flexibility index (Phi) is 3.42. The van der Waals surface area contributed by atoms with Gasteiger partial charge in [0, 0.05) is 17.6 Å². The van der Waals surface area contributed by atoms with Crippen LogP contribution in [0.1, 0.15) is 31.9 Å². The number of fused-ring (bicyclic) bond motifs is 1. The van der Waals surface area contributed by atoms with Gasteiger partial charge in [0.25, 0.3) is 0 Å². The zero-order valence-corrected chi connectivity index (χ0v) is 12.8. The summed E-state index contributed by atoms with van der Waals surface area (Å²) >= 11 is 0. The van der Waals surface area contributed by atoms with Gasteiger partial charge in [-0.1, -0.05) is 45.0 Å². The summed E-state index contributed by atoms with van der Waals surface area (Å²) in [6, 6.07) is 15.1. The molecule has 3 heteroatoms. The summed E-state index contributed by atoms with van der Waals surface area (Å²) < 4.78 is 0. The average molecular weight is 279 g/mol. The Morgan fingerprint density at radius 1 is 1.05 bits per heavy atom. The Bertz CT molecular complexity index is 733. The Balaban J connectivity index is 1.69. The van der Waals surface area contributed by atoms with Crippen LogP contribution >= 0.6 is 0 Å². The van der Waals surface area contributed by atoms with Crippen molar-refractivity contribution in [3.8, 4) is 0 Å². The number of anilines is 1. The molecule has 3 nitrogen and oxygen atoms in total. The molecule has 2 N–H and O–H groups in total. The lowest BCUT2D eigenvalue weighted by Crippen LogP contribution is -2.11. The molecule has 0 aliphatic heterocycles. The molecular formula is C18H21N3. The topological polar surface area (TPSA) is 40.7 Å². The largest absolute Gasteiger partial charge is 0.381 e. The molecule has 0 spiro atoms. The van der Waals surface area contributed by atoms with Crippen LogP contribution < -0.4 is 5.32 Å². The Morgan fingerprint density at radius 3 is 2.52 bits per heavy atom. The van der Waals surface area contributed by atoms with E-state index >= 15 is 0 Å². The lowest BCUT2D eigenvalue weighted by Gasteiger charge is -2.19. The molecule has 3 rings (SSSR count). The quantitative estimate of drug-likeness (QED) is 0.742. The predicted octanol–water partition coefficient (Wildman–Crippen LogP) is 4.47. The van der Waals surface area contributed by atoms with Crippen molar-refractivity contribution >= 4 is 16.6 Å².